The smallest absolute Gasteiger partial charge is 0.152 e. The molecule has 0 fully saturated rings. The Labute approximate surface area is 157 Å². The number of halogens is 4. The van der Waals surface area contributed by atoms with Crippen LogP contribution in [-0.2, 0) is 15.6 Å². The highest BCUT2D eigenvalue weighted by molar-refractivity contribution is 9.10. The molecule has 0 aliphatic heterocycles. The van der Waals surface area contributed by atoms with Gasteiger partial charge in [-0.15, -0.1) is 0 Å². The second-order valence-electron chi connectivity index (χ2n) is 6.83. The van der Waals surface area contributed by atoms with Crippen molar-refractivity contribution in [2.24, 2.45) is 0 Å². The predicted molar refractivity (Wildman–Crippen MR) is 99.3 cm³/mol. The molecule has 0 amide bonds. The molecule has 0 bridgehead atoms. The lowest BCUT2D eigenvalue weighted by Crippen LogP contribution is -2.43. The van der Waals surface area contributed by atoms with Crippen LogP contribution in [0.15, 0.2) is 45.3 Å². The molecule has 0 atom stereocenters. The molecule has 5 heteroatoms. The van der Waals surface area contributed by atoms with Gasteiger partial charge in [-0.25, -0.2) is 8.78 Å². The average Bonchev–Trinajstić information content (AvgIpc) is 2.51. The van der Waals surface area contributed by atoms with Crippen LogP contribution in [0.5, 0.6) is 0 Å². The van der Waals surface area contributed by atoms with E-state index in [1.165, 1.54) is 12.1 Å². The summed E-state index contributed by atoms with van der Waals surface area (Å²) in [4.78, 5) is 13.3. The fourth-order valence-electron chi connectivity index (χ4n) is 2.98. The largest absolute Gasteiger partial charge is 0.298 e. The van der Waals surface area contributed by atoms with Crippen LogP contribution < -0.4 is 0 Å². The topological polar surface area (TPSA) is 17.1 Å². The van der Waals surface area contributed by atoms with Gasteiger partial charge in [-0.2, -0.15) is 0 Å². The van der Waals surface area contributed by atoms with E-state index in [0.717, 1.165) is 0 Å². The van der Waals surface area contributed by atoms with E-state index in [4.69, 9.17) is 0 Å². The normalized spacial score (nSPS) is 12.3. The third-order valence-electron chi connectivity index (χ3n) is 4.34. The minimum Gasteiger partial charge on any atom is -0.298 e. The van der Waals surface area contributed by atoms with Crippen molar-refractivity contribution in [1.82, 2.24) is 0 Å². The molecule has 2 aromatic carbocycles. The van der Waals surface area contributed by atoms with E-state index in [1.54, 1.807) is 52.0 Å². The SMILES string of the molecule is CC(C)(C(=O)C(C)(C)c1cc(Br)ccc1F)c1cc(Br)ccc1F. The molecular weight excluding hydrogens is 442 g/mol. The molecular formula is C19H18Br2F2O. The number of Topliss-reactive ketones (excluding diaryl/α,β-unsaturated/α-hetero) is 1. The van der Waals surface area contributed by atoms with Gasteiger partial charge in [0.15, 0.2) is 5.78 Å². The molecule has 0 aliphatic rings. The van der Waals surface area contributed by atoms with E-state index in [0.29, 0.717) is 8.95 Å². The molecule has 0 spiro atoms. The second kappa shape index (κ2) is 6.68. The molecule has 0 N–H and O–H groups in total. The third-order valence-corrected chi connectivity index (χ3v) is 5.33. The van der Waals surface area contributed by atoms with Crippen molar-refractivity contribution >= 4 is 37.6 Å². The number of carbonyl (C=O) groups is 1. The van der Waals surface area contributed by atoms with Crippen LogP contribution in [0.4, 0.5) is 8.78 Å². The van der Waals surface area contributed by atoms with Crippen molar-refractivity contribution in [2.45, 2.75) is 38.5 Å². The fraction of sp³-hybridized carbons (Fsp3) is 0.316. The summed E-state index contributed by atoms with van der Waals surface area (Å²) in [5.41, 5.74) is -1.67. The Bertz CT molecular complexity index is 732. The van der Waals surface area contributed by atoms with Gasteiger partial charge >= 0.3 is 0 Å². The van der Waals surface area contributed by atoms with Crippen molar-refractivity contribution < 1.29 is 13.6 Å². The van der Waals surface area contributed by atoms with Crippen LogP contribution in [0.2, 0.25) is 0 Å². The standard InChI is InChI=1S/C19H18Br2F2O/c1-18(2,13-9-11(20)5-7-15(13)22)17(24)19(3,4)14-10-12(21)6-8-16(14)23/h5-10H,1-4H3. The molecule has 0 unspecified atom stereocenters. The number of ketones is 1. The Kier molecular flexibility index (Phi) is 5.36. The summed E-state index contributed by atoms with van der Waals surface area (Å²) < 4.78 is 30.0. The van der Waals surface area contributed by atoms with E-state index >= 15 is 0 Å². The van der Waals surface area contributed by atoms with Crippen molar-refractivity contribution in [2.75, 3.05) is 0 Å². The van der Waals surface area contributed by atoms with Crippen molar-refractivity contribution in [3.8, 4) is 0 Å². The van der Waals surface area contributed by atoms with E-state index < -0.39 is 22.5 Å². The number of hydrogen-bond acceptors (Lipinski definition) is 1. The first-order valence-corrected chi connectivity index (χ1v) is 9.02. The van der Waals surface area contributed by atoms with Gasteiger partial charge < -0.3 is 0 Å². The summed E-state index contributed by atoms with van der Waals surface area (Å²) in [7, 11) is 0. The highest BCUT2D eigenvalue weighted by atomic mass is 79.9. The van der Waals surface area contributed by atoms with Crippen LogP contribution in [0.1, 0.15) is 38.8 Å². The molecule has 24 heavy (non-hydrogen) atoms. The minimum absolute atomic E-state index is 0.260. The maximum Gasteiger partial charge on any atom is 0.152 e. The molecule has 128 valence electrons. The van der Waals surface area contributed by atoms with Crippen LogP contribution in [-0.4, -0.2) is 5.78 Å². The van der Waals surface area contributed by atoms with Crippen molar-refractivity contribution in [1.29, 1.82) is 0 Å². The van der Waals surface area contributed by atoms with Gasteiger partial charge in [0.2, 0.25) is 0 Å². The second-order valence-corrected chi connectivity index (χ2v) is 8.66. The van der Waals surface area contributed by atoms with E-state index in [2.05, 4.69) is 31.9 Å². The lowest BCUT2D eigenvalue weighted by atomic mass is 9.67. The third kappa shape index (κ3) is 3.47. The highest BCUT2D eigenvalue weighted by Crippen LogP contribution is 2.39. The number of carbonyl (C=O) groups excluding carboxylic acids is 1. The van der Waals surface area contributed by atoms with Gasteiger partial charge in [0.1, 0.15) is 11.6 Å². The Hall–Kier alpha value is -1.07. The maximum absolute atomic E-state index is 14.3. The molecule has 0 aromatic heterocycles. The molecule has 2 rings (SSSR count). The van der Waals surface area contributed by atoms with Crippen molar-refractivity contribution in [3.05, 3.63) is 68.1 Å². The van der Waals surface area contributed by atoms with Crippen LogP contribution in [0, 0.1) is 11.6 Å². The zero-order valence-corrected chi connectivity index (χ0v) is 17.1. The molecule has 0 saturated heterocycles. The summed E-state index contributed by atoms with van der Waals surface area (Å²) in [6, 6.07) is 9.00. The minimum atomic E-state index is -1.12. The number of hydrogen-bond donors (Lipinski definition) is 0. The Morgan fingerprint density at radius 1 is 0.792 bits per heavy atom. The lowest BCUT2D eigenvalue weighted by molar-refractivity contribution is -0.128. The zero-order chi connectivity index (χ0) is 18.3. The zero-order valence-electron chi connectivity index (χ0n) is 13.9. The number of rotatable bonds is 4. The molecule has 1 nitrogen and oxygen atoms in total. The quantitative estimate of drug-likeness (QED) is 0.523. The van der Waals surface area contributed by atoms with Gasteiger partial charge in [0.25, 0.3) is 0 Å². The summed E-state index contributed by atoms with van der Waals surface area (Å²) in [6.45, 7) is 6.66. The summed E-state index contributed by atoms with van der Waals surface area (Å²) in [5.74, 6) is -1.17. The summed E-state index contributed by atoms with van der Waals surface area (Å²) >= 11 is 6.62. The van der Waals surface area contributed by atoms with Gasteiger partial charge in [-0.3, -0.25) is 4.79 Å². The fourth-order valence-corrected chi connectivity index (χ4v) is 3.70. The monoisotopic (exact) mass is 458 g/mol. The van der Waals surface area contributed by atoms with Gasteiger partial charge in [-0.05, 0) is 64.1 Å². The van der Waals surface area contributed by atoms with Gasteiger partial charge in [-0.1, -0.05) is 31.9 Å². The first-order chi connectivity index (χ1) is 11.0. The van der Waals surface area contributed by atoms with Crippen LogP contribution in [0.25, 0.3) is 0 Å². The first kappa shape index (κ1) is 19.3. The Morgan fingerprint density at radius 3 is 1.46 bits per heavy atom. The maximum atomic E-state index is 14.3. The van der Waals surface area contributed by atoms with Gasteiger partial charge in [0, 0.05) is 20.1 Å². The van der Waals surface area contributed by atoms with E-state index in [1.807, 2.05) is 0 Å². The average molecular weight is 460 g/mol. The Balaban J connectivity index is 2.56. The van der Waals surface area contributed by atoms with Gasteiger partial charge in [0.05, 0.1) is 10.8 Å². The molecule has 0 saturated carbocycles. The lowest BCUT2D eigenvalue weighted by Gasteiger charge is -2.34. The molecule has 0 aliphatic carbocycles. The van der Waals surface area contributed by atoms with E-state index in [-0.39, 0.29) is 16.9 Å². The first-order valence-electron chi connectivity index (χ1n) is 7.44. The van der Waals surface area contributed by atoms with E-state index in [9.17, 15) is 13.6 Å². The van der Waals surface area contributed by atoms with Crippen LogP contribution in [0.3, 0.4) is 0 Å². The molecule has 0 heterocycles. The molecule has 2 aromatic rings. The number of benzene rings is 2. The summed E-state index contributed by atoms with van der Waals surface area (Å²) in [6.07, 6.45) is 0. The van der Waals surface area contributed by atoms with Crippen LogP contribution >= 0.6 is 31.9 Å². The Morgan fingerprint density at radius 2 is 1.12 bits per heavy atom. The predicted octanol–water partition coefficient (Wildman–Crippen LogP) is 6.31. The highest BCUT2D eigenvalue weighted by Gasteiger charge is 2.43. The van der Waals surface area contributed by atoms with Crippen molar-refractivity contribution in [3.63, 3.8) is 0 Å². The summed E-state index contributed by atoms with van der Waals surface area (Å²) in [5, 5.41) is 0. The molecule has 0 radical (unpaired) electrons.